The van der Waals surface area contributed by atoms with Gasteiger partial charge in [-0.15, -0.1) is 6.58 Å². The van der Waals surface area contributed by atoms with Crippen molar-refractivity contribution in [3.63, 3.8) is 0 Å². The number of anilines is 1. The molecule has 0 saturated carbocycles. The maximum atomic E-state index is 11.9. The van der Waals surface area contributed by atoms with Gasteiger partial charge in [-0.25, -0.2) is 0 Å². The molecule has 0 aliphatic carbocycles. The molecule has 0 aromatic heterocycles. The highest BCUT2D eigenvalue weighted by atomic mass is 35.5. The number of halogens is 2. The number of amides is 2. The Labute approximate surface area is 196 Å². The van der Waals surface area contributed by atoms with E-state index >= 15 is 0 Å². The van der Waals surface area contributed by atoms with Crippen LogP contribution in [0.2, 0.25) is 10.0 Å². The first kappa shape index (κ1) is 26.7. The molecule has 0 radical (unpaired) electrons. The highest BCUT2D eigenvalue weighted by Gasteiger charge is 2.24. The van der Waals surface area contributed by atoms with Gasteiger partial charge in [0.15, 0.2) is 0 Å². The zero-order valence-corrected chi connectivity index (χ0v) is 20.2. The van der Waals surface area contributed by atoms with Crippen LogP contribution in [0.4, 0.5) is 5.69 Å². The van der Waals surface area contributed by atoms with Gasteiger partial charge in [0, 0.05) is 28.7 Å². The fourth-order valence-corrected chi connectivity index (χ4v) is 2.81. The van der Waals surface area contributed by atoms with Gasteiger partial charge in [0.2, 0.25) is 11.8 Å². The van der Waals surface area contributed by atoms with E-state index in [1.54, 1.807) is 24.3 Å². The van der Waals surface area contributed by atoms with E-state index in [0.717, 1.165) is 5.02 Å². The number of benzene rings is 2. The summed E-state index contributed by atoms with van der Waals surface area (Å²) in [6.45, 7) is 12.4. The molecular formula is C25H32Cl2N2O2. The first-order chi connectivity index (χ1) is 14.5. The second-order valence-corrected chi connectivity index (χ2v) is 9.28. The van der Waals surface area contributed by atoms with Gasteiger partial charge < -0.3 is 10.6 Å². The fourth-order valence-electron chi connectivity index (χ4n) is 2.37. The third-order valence-corrected chi connectivity index (χ3v) is 4.79. The fraction of sp³-hybridized carbons (Fsp3) is 0.360. The number of hydrogen-bond acceptors (Lipinski definition) is 2. The van der Waals surface area contributed by atoms with Gasteiger partial charge in [-0.2, -0.15) is 0 Å². The third-order valence-electron chi connectivity index (χ3n) is 4.32. The molecule has 2 N–H and O–H groups in total. The second kappa shape index (κ2) is 13.2. The quantitative estimate of drug-likeness (QED) is 0.489. The Morgan fingerprint density at radius 3 is 2.13 bits per heavy atom. The monoisotopic (exact) mass is 462 g/mol. The molecule has 1 aliphatic heterocycles. The highest BCUT2D eigenvalue weighted by Crippen LogP contribution is 2.18. The molecule has 4 nitrogen and oxygen atoms in total. The Kier molecular flexibility index (Phi) is 11.4. The number of hydrogen-bond donors (Lipinski definition) is 2. The summed E-state index contributed by atoms with van der Waals surface area (Å²) in [5, 5.41) is 6.87. The van der Waals surface area contributed by atoms with Crippen LogP contribution in [0.15, 0.2) is 61.2 Å². The molecule has 6 heteroatoms. The van der Waals surface area contributed by atoms with Gasteiger partial charge in [0.25, 0.3) is 0 Å². The predicted molar refractivity (Wildman–Crippen MR) is 132 cm³/mol. The van der Waals surface area contributed by atoms with E-state index in [9.17, 15) is 9.59 Å². The number of carbonyl (C=O) groups excluding carboxylic acids is 2. The number of rotatable bonds is 2. The van der Waals surface area contributed by atoms with Crippen LogP contribution < -0.4 is 10.6 Å². The third kappa shape index (κ3) is 12.2. The first-order valence-corrected chi connectivity index (χ1v) is 10.9. The molecule has 1 unspecified atom stereocenters. The summed E-state index contributed by atoms with van der Waals surface area (Å²) in [7, 11) is 0. The lowest BCUT2D eigenvalue weighted by Crippen LogP contribution is -2.40. The molecule has 1 aliphatic rings. The minimum absolute atomic E-state index is 0.0109. The van der Waals surface area contributed by atoms with Crippen LogP contribution >= 0.6 is 23.2 Å². The van der Waals surface area contributed by atoms with Gasteiger partial charge in [-0.05, 0) is 54.7 Å². The molecule has 1 atom stereocenters. The predicted octanol–water partition coefficient (Wildman–Crippen LogP) is 6.67. The van der Waals surface area contributed by atoms with Crippen molar-refractivity contribution < 1.29 is 9.59 Å². The van der Waals surface area contributed by atoms with E-state index in [0.29, 0.717) is 35.5 Å². The van der Waals surface area contributed by atoms with Gasteiger partial charge in [-0.1, -0.05) is 68.2 Å². The minimum Gasteiger partial charge on any atom is -0.355 e. The van der Waals surface area contributed by atoms with Crippen molar-refractivity contribution >= 4 is 40.7 Å². The lowest BCUT2D eigenvalue weighted by molar-refractivity contribution is -0.126. The van der Waals surface area contributed by atoms with E-state index < -0.39 is 0 Å². The van der Waals surface area contributed by atoms with Crippen LogP contribution in [-0.4, -0.2) is 18.4 Å². The number of nitrogens with one attached hydrogen (secondary N) is 2. The van der Waals surface area contributed by atoms with E-state index in [1.807, 2.05) is 37.3 Å². The van der Waals surface area contributed by atoms with E-state index in [4.69, 9.17) is 23.2 Å². The Morgan fingerprint density at radius 1 is 1.13 bits per heavy atom. The van der Waals surface area contributed by atoms with E-state index in [-0.39, 0.29) is 17.7 Å². The lowest BCUT2D eigenvalue weighted by Gasteiger charge is -2.21. The number of carbonyl (C=O) groups is 2. The minimum atomic E-state index is -0.160. The Balaban J connectivity index is 0.000000284. The number of allylic oxidation sites excluding steroid dienone is 1. The smallest absolute Gasteiger partial charge is 0.229 e. The largest absolute Gasteiger partial charge is 0.355 e. The van der Waals surface area contributed by atoms with Gasteiger partial charge >= 0.3 is 0 Å². The molecule has 2 aromatic carbocycles. The number of piperidine rings is 1. The lowest BCUT2D eigenvalue weighted by atomic mass is 9.98. The summed E-state index contributed by atoms with van der Waals surface area (Å²) in [4.78, 5) is 22.9. The highest BCUT2D eigenvalue weighted by molar-refractivity contribution is 6.31. The van der Waals surface area contributed by atoms with Crippen LogP contribution in [0.5, 0.6) is 0 Å². The van der Waals surface area contributed by atoms with Crippen LogP contribution in [0.25, 0.3) is 0 Å². The summed E-state index contributed by atoms with van der Waals surface area (Å²) in [5.74, 6) is -0.226. The molecule has 3 rings (SSSR count). The first-order valence-electron chi connectivity index (χ1n) is 10.2. The van der Waals surface area contributed by atoms with Gasteiger partial charge in [0.05, 0.1) is 5.92 Å². The topological polar surface area (TPSA) is 58.2 Å². The molecule has 1 fully saturated rings. The zero-order valence-electron chi connectivity index (χ0n) is 18.7. The summed E-state index contributed by atoms with van der Waals surface area (Å²) in [6, 6.07) is 14.8. The summed E-state index contributed by atoms with van der Waals surface area (Å²) in [6.07, 6.45) is 2.94. The van der Waals surface area contributed by atoms with E-state index in [2.05, 4.69) is 38.0 Å². The molecule has 2 aromatic rings. The maximum absolute atomic E-state index is 11.9. The average Bonchev–Trinajstić information content (AvgIpc) is 2.69. The Hall–Kier alpha value is -2.30. The van der Waals surface area contributed by atoms with Crippen molar-refractivity contribution in [3.05, 3.63) is 76.8 Å². The van der Waals surface area contributed by atoms with Crippen LogP contribution in [0.3, 0.4) is 0 Å². The maximum Gasteiger partial charge on any atom is 0.229 e. The van der Waals surface area contributed by atoms with Gasteiger partial charge in [0.1, 0.15) is 0 Å². The normalized spacial score (nSPS) is 15.3. The van der Waals surface area contributed by atoms with Gasteiger partial charge in [-0.3, -0.25) is 9.59 Å². The molecule has 2 amide bonds. The van der Waals surface area contributed by atoms with E-state index in [1.165, 1.54) is 5.56 Å². The molecule has 168 valence electrons. The van der Waals surface area contributed by atoms with Crippen molar-refractivity contribution in [2.24, 2.45) is 11.3 Å². The summed E-state index contributed by atoms with van der Waals surface area (Å²) >= 11 is 11.5. The molecule has 1 saturated heterocycles. The Morgan fingerprint density at radius 2 is 1.71 bits per heavy atom. The average molecular weight is 463 g/mol. The summed E-state index contributed by atoms with van der Waals surface area (Å²) in [5.41, 5.74) is 2.19. The summed E-state index contributed by atoms with van der Waals surface area (Å²) < 4.78 is 0. The van der Waals surface area contributed by atoms with Crippen molar-refractivity contribution in [2.75, 3.05) is 11.9 Å². The van der Waals surface area contributed by atoms with Crippen LogP contribution in [0.1, 0.15) is 39.2 Å². The van der Waals surface area contributed by atoms with Crippen molar-refractivity contribution in [3.8, 4) is 0 Å². The molecule has 0 bridgehead atoms. The van der Waals surface area contributed by atoms with Crippen molar-refractivity contribution in [1.29, 1.82) is 0 Å². The van der Waals surface area contributed by atoms with Crippen molar-refractivity contribution in [2.45, 2.75) is 40.5 Å². The standard InChI is InChI=1S/C12H13ClN2O2.C7H7Cl.C6H12/c13-9-2-1-3-10(6-9)15-12(17)8-4-5-11(16)14-7-8;1-6-3-2-4-7(8)5-6;1-5-6(2,3)4/h1-3,6,8H,4-5,7H2,(H,14,16)(H,15,17);2-5H,1H3;5H,1H2,2-4H3. The number of aryl methyl sites for hydroxylation is 1. The van der Waals surface area contributed by atoms with Crippen LogP contribution in [-0.2, 0) is 9.59 Å². The second-order valence-electron chi connectivity index (χ2n) is 8.41. The zero-order chi connectivity index (χ0) is 23.4. The molecule has 0 spiro atoms. The molecule has 1 heterocycles. The van der Waals surface area contributed by atoms with Crippen molar-refractivity contribution in [1.82, 2.24) is 5.32 Å². The SMILES string of the molecule is C=CC(C)(C)C.Cc1cccc(Cl)c1.O=C1CCC(C(=O)Nc2cccc(Cl)c2)CN1. The molecule has 31 heavy (non-hydrogen) atoms. The molecular weight excluding hydrogens is 431 g/mol. The van der Waals surface area contributed by atoms with Crippen LogP contribution in [0, 0.1) is 18.3 Å². The Bertz CT molecular complexity index is 849.